The van der Waals surface area contributed by atoms with Crippen LogP contribution in [0.1, 0.15) is 11.4 Å². The number of hydrogen-bond acceptors (Lipinski definition) is 6. The number of methoxy groups -OCH3 is 1. The maximum atomic E-state index is 13.1. The number of rotatable bonds is 8. The van der Waals surface area contributed by atoms with Crippen LogP contribution in [0, 0.1) is 6.92 Å². The van der Waals surface area contributed by atoms with Crippen LogP contribution < -0.4 is 10.1 Å². The van der Waals surface area contributed by atoms with E-state index in [0.717, 1.165) is 23.0 Å². The first-order valence-corrected chi connectivity index (χ1v) is 10.3. The molecule has 1 amide bonds. The molecule has 1 N–H and O–H groups in total. The van der Waals surface area contributed by atoms with Crippen LogP contribution in [-0.2, 0) is 15.7 Å². The van der Waals surface area contributed by atoms with Crippen LogP contribution in [0.15, 0.2) is 47.5 Å². The summed E-state index contributed by atoms with van der Waals surface area (Å²) in [5.74, 6) is 0.162. The molecule has 0 spiro atoms. The average Bonchev–Trinajstić information content (AvgIpc) is 2.72. The number of carbonyl (C=O) groups excluding carboxylic acids is 1. The molecule has 0 atom stereocenters. The van der Waals surface area contributed by atoms with E-state index in [9.17, 15) is 18.0 Å². The molecule has 1 aromatic heterocycles. The Morgan fingerprint density at radius 3 is 2.65 bits per heavy atom. The van der Waals surface area contributed by atoms with Crippen molar-refractivity contribution in [2.75, 3.05) is 31.4 Å². The molecule has 164 valence electrons. The van der Waals surface area contributed by atoms with Gasteiger partial charge in [-0.15, -0.1) is 0 Å². The number of hydrogen-bond donors (Lipinski definition) is 1. The first kappa shape index (κ1) is 22.8. The Hall–Kier alpha value is -2.85. The van der Waals surface area contributed by atoms with Crippen LogP contribution in [0.4, 0.5) is 18.9 Å². The van der Waals surface area contributed by atoms with Gasteiger partial charge in [-0.25, -0.2) is 9.97 Å². The van der Waals surface area contributed by atoms with Gasteiger partial charge in [0.05, 0.1) is 29.1 Å². The van der Waals surface area contributed by atoms with Crippen molar-refractivity contribution in [1.82, 2.24) is 9.97 Å². The van der Waals surface area contributed by atoms with Gasteiger partial charge in [0.1, 0.15) is 23.2 Å². The summed E-state index contributed by atoms with van der Waals surface area (Å²) >= 11 is 1.18. The maximum absolute atomic E-state index is 13.1. The van der Waals surface area contributed by atoms with Crippen molar-refractivity contribution in [2.24, 2.45) is 0 Å². The highest BCUT2D eigenvalue weighted by atomic mass is 32.2. The zero-order valence-electron chi connectivity index (χ0n) is 16.8. The van der Waals surface area contributed by atoms with Crippen LogP contribution in [0.5, 0.6) is 5.75 Å². The predicted molar refractivity (Wildman–Crippen MR) is 112 cm³/mol. The molecule has 3 rings (SSSR count). The topological polar surface area (TPSA) is 73.3 Å². The van der Waals surface area contributed by atoms with Gasteiger partial charge in [0.2, 0.25) is 5.91 Å². The highest BCUT2D eigenvalue weighted by molar-refractivity contribution is 8.00. The summed E-state index contributed by atoms with van der Waals surface area (Å²) in [5, 5.41) is 3.94. The Morgan fingerprint density at radius 1 is 1.13 bits per heavy atom. The number of para-hydroxylation sites is 1. The summed E-state index contributed by atoms with van der Waals surface area (Å²) in [7, 11) is 1.48. The first-order chi connectivity index (χ1) is 14.8. The Kier molecular flexibility index (Phi) is 7.34. The first-order valence-electron chi connectivity index (χ1n) is 9.27. The highest BCUT2D eigenvalue weighted by Crippen LogP contribution is 2.35. The van der Waals surface area contributed by atoms with E-state index in [4.69, 9.17) is 9.47 Å². The molecule has 0 aliphatic carbocycles. The molecule has 0 radical (unpaired) electrons. The smallest absolute Gasteiger partial charge is 0.416 e. The maximum Gasteiger partial charge on any atom is 0.416 e. The molecule has 0 fully saturated rings. The third-order valence-corrected chi connectivity index (χ3v) is 5.14. The molecule has 0 unspecified atom stereocenters. The van der Waals surface area contributed by atoms with E-state index in [-0.39, 0.29) is 30.4 Å². The zero-order chi connectivity index (χ0) is 22.4. The standard InChI is InChI=1S/C21H20F3N3O3S/c1-13-25-16-6-4-3-5-15(16)20(26-13)31-12-19(28)27-17-11-14(21(22,23)24)7-8-18(17)30-10-9-29-2/h3-8,11H,9-10,12H2,1-2H3,(H,27,28). The van der Waals surface area contributed by atoms with Crippen molar-refractivity contribution >= 4 is 34.3 Å². The van der Waals surface area contributed by atoms with Crippen molar-refractivity contribution in [2.45, 2.75) is 18.1 Å². The summed E-state index contributed by atoms with van der Waals surface area (Å²) in [6.45, 7) is 2.14. The van der Waals surface area contributed by atoms with E-state index < -0.39 is 17.6 Å². The second-order valence-electron chi connectivity index (χ2n) is 6.48. The fourth-order valence-electron chi connectivity index (χ4n) is 2.75. The predicted octanol–water partition coefficient (Wildman–Crippen LogP) is 4.71. The molecule has 0 aliphatic heterocycles. The van der Waals surface area contributed by atoms with Crippen molar-refractivity contribution < 1.29 is 27.4 Å². The molecule has 6 nitrogen and oxygen atoms in total. The number of nitrogens with one attached hydrogen (secondary N) is 1. The Labute approximate surface area is 181 Å². The van der Waals surface area contributed by atoms with E-state index in [0.29, 0.717) is 10.9 Å². The molecule has 0 bridgehead atoms. The zero-order valence-corrected chi connectivity index (χ0v) is 17.6. The Morgan fingerprint density at radius 2 is 1.90 bits per heavy atom. The number of amides is 1. The van der Waals surface area contributed by atoms with Gasteiger partial charge < -0.3 is 14.8 Å². The van der Waals surface area contributed by atoms with Gasteiger partial charge in [-0.05, 0) is 31.2 Å². The third-order valence-electron chi connectivity index (χ3n) is 4.15. The quantitative estimate of drug-likeness (QED) is 0.304. The van der Waals surface area contributed by atoms with Crippen molar-refractivity contribution in [3.63, 3.8) is 0 Å². The van der Waals surface area contributed by atoms with Crippen molar-refractivity contribution in [3.8, 4) is 5.75 Å². The number of aryl methyl sites for hydroxylation is 1. The van der Waals surface area contributed by atoms with Crippen LogP contribution in [0.3, 0.4) is 0 Å². The van der Waals surface area contributed by atoms with Gasteiger partial charge in [-0.2, -0.15) is 13.2 Å². The molecule has 0 saturated heterocycles. The van der Waals surface area contributed by atoms with Gasteiger partial charge in [-0.3, -0.25) is 4.79 Å². The van der Waals surface area contributed by atoms with Crippen LogP contribution in [0.2, 0.25) is 0 Å². The normalized spacial score (nSPS) is 11.5. The highest BCUT2D eigenvalue weighted by Gasteiger charge is 2.31. The summed E-state index contributed by atoms with van der Waals surface area (Å²) in [5.41, 5.74) is -0.183. The fraction of sp³-hybridized carbons (Fsp3) is 0.286. The van der Waals surface area contributed by atoms with E-state index >= 15 is 0 Å². The number of halogens is 3. The Bertz CT molecular complexity index is 1080. The average molecular weight is 451 g/mol. The third kappa shape index (κ3) is 6.08. The molecular weight excluding hydrogens is 431 g/mol. The number of benzene rings is 2. The van der Waals surface area contributed by atoms with Gasteiger partial charge >= 0.3 is 6.18 Å². The minimum absolute atomic E-state index is 0.0474. The number of anilines is 1. The molecule has 2 aromatic carbocycles. The Balaban J connectivity index is 1.76. The van der Waals surface area contributed by atoms with E-state index in [1.165, 1.54) is 24.9 Å². The van der Waals surface area contributed by atoms with Gasteiger partial charge in [0.25, 0.3) is 0 Å². The minimum atomic E-state index is -4.54. The lowest BCUT2D eigenvalue weighted by molar-refractivity contribution is -0.137. The number of carbonyl (C=O) groups is 1. The SMILES string of the molecule is COCCOc1ccc(C(F)(F)F)cc1NC(=O)CSc1nc(C)nc2ccccc12. The molecule has 10 heteroatoms. The van der Waals surface area contributed by atoms with Crippen LogP contribution in [-0.4, -0.2) is 42.0 Å². The summed E-state index contributed by atoms with van der Waals surface area (Å²) < 4.78 is 49.7. The molecule has 0 saturated carbocycles. The number of nitrogens with zero attached hydrogens (tertiary/aromatic N) is 2. The molecular formula is C21H20F3N3O3S. The van der Waals surface area contributed by atoms with Gasteiger partial charge in [0, 0.05) is 12.5 Å². The van der Waals surface area contributed by atoms with Gasteiger partial charge in [-0.1, -0.05) is 30.0 Å². The lowest BCUT2D eigenvalue weighted by atomic mass is 10.1. The van der Waals surface area contributed by atoms with Gasteiger partial charge in [0.15, 0.2) is 0 Å². The van der Waals surface area contributed by atoms with Crippen LogP contribution in [0.25, 0.3) is 10.9 Å². The molecule has 0 aliphatic rings. The molecule has 1 heterocycles. The lowest BCUT2D eigenvalue weighted by Gasteiger charge is -2.15. The van der Waals surface area contributed by atoms with Crippen molar-refractivity contribution in [1.29, 1.82) is 0 Å². The van der Waals surface area contributed by atoms with Crippen molar-refractivity contribution in [3.05, 3.63) is 53.9 Å². The number of thioether (sulfide) groups is 1. The van der Waals surface area contributed by atoms with Crippen LogP contribution >= 0.6 is 11.8 Å². The summed E-state index contributed by atoms with van der Waals surface area (Å²) in [6, 6.07) is 10.3. The second-order valence-corrected chi connectivity index (χ2v) is 7.44. The fourth-order valence-corrected chi connectivity index (χ4v) is 3.62. The number of fused-ring (bicyclic) bond motifs is 1. The number of ether oxygens (including phenoxy) is 2. The number of alkyl halides is 3. The number of aromatic nitrogens is 2. The largest absolute Gasteiger partial charge is 0.489 e. The molecule has 3 aromatic rings. The lowest BCUT2D eigenvalue weighted by Crippen LogP contribution is -2.17. The minimum Gasteiger partial charge on any atom is -0.489 e. The van der Waals surface area contributed by atoms with E-state index in [2.05, 4.69) is 15.3 Å². The second kappa shape index (κ2) is 9.97. The summed E-state index contributed by atoms with van der Waals surface area (Å²) in [4.78, 5) is 21.2. The van der Waals surface area contributed by atoms with E-state index in [1.54, 1.807) is 6.92 Å². The monoisotopic (exact) mass is 451 g/mol. The summed E-state index contributed by atoms with van der Waals surface area (Å²) in [6.07, 6.45) is -4.54. The molecule has 31 heavy (non-hydrogen) atoms. The van der Waals surface area contributed by atoms with E-state index in [1.807, 2.05) is 24.3 Å².